The maximum atomic E-state index is 13.7. The summed E-state index contributed by atoms with van der Waals surface area (Å²) in [6.45, 7) is 1.07. The van der Waals surface area contributed by atoms with Crippen LogP contribution in [0.2, 0.25) is 5.02 Å². The number of imidazole rings is 1. The Morgan fingerprint density at radius 3 is 2.37 bits per heavy atom. The smallest absolute Gasteiger partial charge is 0.490 e. The van der Waals surface area contributed by atoms with Crippen LogP contribution in [0.1, 0.15) is 23.2 Å². The first kappa shape index (κ1) is 32.7. The quantitative estimate of drug-likeness (QED) is 0.191. The zero-order valence-electron chi connectivity index (χ0n) is 22.7. The average Bonchev–Trinajstić information content (AvgIpc) is 3.29. The maximum Gasteiger partial charge on any atom is 0.490 e. The topological polar surface area (TPSA) is 147 Å². The van der Waals surface area contributed by atoms with Crippen LogP contribution in [0, 0.1) is 0 Å². The molecule has 0 aliphatic carbocycles. The van der Waals surface area contributed by atoms with Gasteiger partial charge in [0.15, 0.2) is 0 Å². The first-order chi connectivity index (χ1) is 20.4. The van der Waals surface area contributed by atoms with Gasteiger partial charge in [0.1, 0.15) is 12.4 Å². The van der Waals surface area contributed by atoms with E-state index in [9.17, 15) is 22.8 Å². The molecule has 0 saturated carbocycles. The van der Waals surface area contributed by atoms with E-state index >= 15 is 0 Å². The molecule has 11 nitrogen and oxygen atoms in total. The molecule has 0 saturated heterocycles. The van der Waals surface area contributed by atoms with Gasteiger partial charge in [-0.25, -0.2) is 9.78 Å². The molecule has 0 bridgehead atoms. The number of carboxylic acid groups (broad SMARTS) is 2. The summed E-state index contributed by atoms with van der Waals surface area (Å²) in [4.78, 5) is 43.8. The summed E-state index contributed by atoms with van der Waals surface area (Å²) in [6.07, 6.45) is -1.48. The number of carbonyl (C=O) groups is 3. The molecule has 0 fully saturated rings. The van der Waals surface area contributed by atoms with Crippen molar-refractivity contribution >= 4 is 52.1 Å². The molecule has 2 aromatic carbocycles. The minimum absolute atomic E-state index is 0.0674. The van der Waals surface area contributed by atoms with E-state index in [4.69, 9.17) is 31.3 Å². The largest absolute Gasteiger partial charge is 0.492 e. The molecule has 0 aliphatic heterocycles. The van der Waals surface area contributed by atoms with Gasteiger partial charge in [0.2, 0.25) is 5.95 Å². The Balaban J connectivity index is 0.000000646. The van der Waals surface area contributed by atoms with Crippen LogP contribution in [0.25, 0.3) is 11.0 Å². The van der Waals surface area contributed by atoms with Crippen molar-refractivity contribution in [3.05, 3.63) is 77.6 Å². The van der Waals surface area contributed by atoms with E-state index in [0.717, 1.165) is 16.7 Å². The summed E-state index contributed by atoms with van der Waals surface area (Å²) in [5.41, 5.74) is 2.85. The van der Waals surface area contributed by atoms with Crippen LogP contribution in [0.5, 0.6) is 5.75 Å². The number of carboxylic acids is 2. The molecular weight excluding hydrogens is 595 g/mol. The van der Waals surface area contributed by atoms with E-state index in [0.29, 0.717) is 35.4 Å². The van der Waals surface area contributed by atoms with Crippen LogP contribution in [-0.4, -0.2) is 68.5 Å². The highest BCUT2D eigenvalue weighted by molar-refractivity contribution is 6.31. The number of anilines is 2. The van der Waals surface area contributed by atoms with Crippen LogP contribution < -0.4 is 15.0 Å². The van der Waals surface area contributed by atoms with E-state index in [1.165, 1.54) is 4.90 Å². The number of pyridine rings is 1. The number of fused-ring (bicyclic) bond motifs is 1. The fourth-order valence-electron chi connectivity index (χ4n) is 3.81. The van der Waals surface area contributed by atoms with Gasteiger partial charge in [-0.2, -0.15) is 13.2 Å². The minimum atomic E-state index is -5.08. The molecular formula is C28H27ClF3N5O6. The van der Waals surface area contributed by atoms with Crippen molar-refractivity contribution in [3.63, 3.8) is 0 Å². The number of halogens is 4. The number of nitrogens with one attached hydrogen (secondary N) is 1. The van der Waals surface area contributed by atoms with Crippen molar-refractivity contribution in [3.8, 4) is 5.75 Å². The number of aryl methyl sites for hydroxylation is 1. The number of alkyl halides is 3. The van der Waals surface area contributed by atoms with Crippen molar-refractivity contribution in [2.45, 2.75) is 19.0 Å². The lowest BCUT2D eigenvalue weighted by Crippen LogP contribution is -2.34. The molecule has 2 heterocycles. The summed E-state index contributed by atoms with van der Waals surface area (Å²) >= 11 is 6.32. The Hall–Kier alpha value is -4.85. The number of amides is 1. The number of aromatic nitrogens is 3. The summed E-state index contributed by atoms with van der Waals surface area (Å²) < 4.78 is 39.4. The number of ether oxygens (including phenoxy) is 1. The van der Waals surface area contributed by atoms with E-state index in [1.807, 2.05) is 48.0 Å². The normalized spacial score (nSPS) is 10.9. The van der Waals surface area contributed by atoms with E-state index in [2.05, 4.69) is 15.3 Å². The monoisotopic (exact) mass is 621 g/mol. The molecule has 4 aromatic rings. The van der Waals surface area contributed by atoms with Gasteiger partial charge in [0, 0.05) is 55.2 Å². The van der Waals surface area contributed by atoms with E-state index in [1.54, 1.807) is 30.6 Å². The van der Waals surface area contributed by atoms with Gasteiger partial charge in [-0.15, -0.1) is 0 Å². The Labute approximate surface area is 248 Å². The summed E-state index contributed by atoms with van der Waals surface area (Å²) in [7, 11) is 1.82. The summed E-state index contributed by atoms with van der Waals surface area (Å²) in [6, 6.07) is 16.1. The lowest BCUT2D eigenvalue weighted by Gasteiger charge is -2.22. The Morgan fingerprint density at radius 1 is 1.07 bits per heavy atom. The van der Waals surface area contributed by atoms with E-state index in [-0.39, 0.29) is 25.3 Å². The first-order valence-corrected chi connectivity index (χ1v) is 13.1. The van der Waals surface area contributed by atoms with Crippen LogP contribution in [0.15, 0.2) is 67.0 Å². The van der Waals surface area contributed by atoms with Gasteiger partial charge < -0.3 is 24.8 Å². The Bertz CT molecular complexity index is 1570. The Kier molecular flexibility index (Phi) is 11.3. The maximum absolute atomic E-state index is 13.7. The molecule has 0 aliphatic rings. The highest BCUT2D eigenvalue weighted by Gasteiger charge is 2.38. The van der Waals surface area contributed by atoms with Crippen molar-refractivity contribution in [1.82, 2.24) is 14.5 Å². The fourth-order valence-corrected chi connectivity index (χ4v) is 4.04. The molecule has 0 spiro atoms. The zero-order valence-corrected chi connectivity index (χ0v) is 23.5. The molecule has 228 valence electrons. The number of hydrogen-bond donors (Lipinski definition) is 3. The minimum Gasteiger partial charge on any atom is -0.492 e. The molecule has 4 rings (SSSR count). The molecule has 43 heavy (non-hydrogen) atoms. The second-order valence-corrected chi connectivity index (χ2v) is 9.34. The molecule has 0 atom stereocenters. The average molecular weight is 622 g/mol. The number of aliphatic carboxylic acids is 2. The predicted octanol–water partition coefficient (Wildman–Crippen LogP) is 5.26. The lowest BCUT2D eigenvalue weighted by molar-refractivity contribution is -0.192. The first-order valence-electron chi connectivity index (χ1n) is 12.7. The SMILES string of the molecule is Cn1c(N(CCCC(=O)O)C(=O)c2cc(Cl)cc(OCCNc3ccncc3)c2)nc2ccccc21.O=C(O)C(F)(F)F. The van der Waals surface area contributed by atoms with Crippen LogP contribution in [-0.2, 0) is 16.6 Å². The van der Waals surface area contributed by atoms with E-state index < -0.39 is 18.1 Å². The Morgan fingerprint density at radius 2 is 1.74 bits per heavy atom. The van der Waals surface area contributed by atoms with Crippen molar-refractivity contribution in [1.29, 1.82) is 0 Å². The third-order valence-corrected chi connectivity index (χ3v) is 5.98. The van der Waals surface area contributed by atoms with Gasteiger partial charge in [-0.1, -0.05) is 23.7 Å². The van der Waals surface area contributed by atoms with Crippen LogP contribution >= 0.6 is 11.6 Å². The standard InChI is InChI=1S/C26H26ClN5O4.C2HF3O2/c1-31-23-6-3-2-5-22(23)30-26(31)32(13-4-7-24(33)34)25(35)18-15-19(27)17-21(16-18)36-14-12-29-20-8-10-28-11-9-20;3-2(4,5)1(6)7/h2-3,5-6,8-11,15-17H,4,7,12-14H2,1H3,(H,28,29)(H,33,34);(H,6,7). The predicted molar refractivity (Wildman–Crippen MR) is 153 cm³/mol. The second-order valence-electron chi connectivity index (χ2n) is 8.90. The molecule has 15 heteroatoms. The highest BCUT2D eigenvalue weighted by atomic mass is 35.5. The molecule has 0 radical (unpaired) electrons. The fraction of sp³-hybridized carbons (Fsp3) is 0.250. The number of hydrogen-bond acceptors (Lipinski definition) is 7. The third kappa shape index (κ3) is 9.60. The van der Waals surface area contributed by atoms with Gasteiger partial charge in [-0.3, -0.25) is 19.5 Å². The number of para-hydroxylation sites is 2. The highest BCUT2D eigenvalue weighted by Crippen LogP contribution is 2.26. The van der Waals surface area contributed by atoms with Crippen LogP contribution in [0.4, 0.5) is 24.8 Å². The summed E-state index contributed by atoms with van der Waals surface area (Å²) in [5.74, 6) is -3.15. The van der Waals surface area contributed by atoms with Gasteiger partial charge in [-0.05, 0) is 48.9 Å². The molecule has 1 amide bonds. The zero-order chi connectivity index (χ0) is 31.6. The molecule has 3 N–H and O–H groups in total. The lowest BCUT2D eigenvalue weighted by atomic mass is 10.1. The molecule has 2 aromatic heterocycles. The number of benzene rings is 2. The number of rotatable bonds is 11. The van der Waals surface area contributed by atoms with Crippen LogP contribution in [0.3, 0.4) is 0 Å². The number of nitrogens with zero attached hydrogens (tertiary/aromatic N) is 4. The van der Waals surface area contributed by atoms with Crippen molar-refractivity contribution in [2.24, 2.45) is 7.05 Å². The van der Waals surface area contributed by atoms with Gasteiger partial charge >= 0.3 is 18.1 Å². The summed E-state index contributed by atoms with van der Waals surface area (Å²) in [5, 5.41) is 19.8. The van der Waals surface area contributed by atoms with Gasteiger partial charge in [0.05, 0.1) is 11.0 Å². The van der Waals surface area contributed by atoms with Crippen molar-refractivity contribution < 1.29 is 42.5 Å². The number of carbonyl (C=O) groups excluding carboxylic acids is 1. The van der Waals surface area contributed by atoms with Crippen molar-refractivity contribution in [2.75, 3.05) is 29.9 Å². The molecule has 0 unspecified atom stereocenters. The third-order valence-electron chi connectivity index (χ3n) is 5.76. The van der Waals surface area contributed by atoms with Gasteiger partial charge in [0.25, 0.3) is 5.91 Å². The second kappa shape index (κ2) is 14.9.